The number of hydrogen-bond acceptors (Lipinski definition) is 2. The van der Waals surface area contributed by atoms with Gasteiger partial charge in [0.25, 0.3) is 0 Å². The summed E-state index contributed by atoms with van der Waals surface area (Å²) in [5.41, 5.74) is 6.37. The second-order valence-electron chi connectivity index (χ2n) is 11.9. The molecule has 6 aromatic carbocycles. The molecule has 0 fully saturated rings. The lowest BCUT2D eigenvalue weighted by Gasteiger charge is -2.23. The Hall–Kier alpha value is -4.96. The van der Waals surface area contributed by atoms with Crippen molar-refractivity contribution in [3.05, 3.63) is 126 Å². The number of phenols is 1. The summed E-state index contributed by atoms with van der Waals surface area (Å²) in [6.07, 6.45) is 0. The van der Waals surface area contributed by atoms with Gasteiger partial charge in [0, 0.05) is 16.7 Å². The second kappa shape index (κ2) is 10.4. The molecule has 0 amide bonds. The number of fused-ring (bicyclic) bond motifs is 4. The average molecular weight is 565 g/mol. The first kappa shape index (κ1) is 26.9. The van der Waals surface area contributed by atoms with Crippen LogP contribution in [0.15, 0.2) is 109 Å². The van der Waals surface area contributed by atoms with E-state index in [1.54, 1.807) is 12.1 Å². The van der Waals surface area contributed by atoms with Gasteiger partial charge in [0.2, 0.25) is 0 Å². The van der Waals surface area contributed by atoms with E-state index in [1.807, 2.05) is 54.6 Å². The lowest BCUT2D eigenvalue weighted by Crippen LogP contribution is -2.09. The summed E-state index contributed by atoms with van der Waals surface area (Å²) in [6, 6.07) is 35.6. The van der Waals surface area contributed by atoms with Gasteiger partial charge in [-0.25, -0.2) is 9.37 Å². The summed E-state index contributed by atoms with van der Waals surface area (Å²) in [4.78, 5) is 5.14. The maximum Gasteiger partial charge on any atom is 0.145 e. The number of aromatic hydroxyl groups is 1. The summed E-state index contributed by atoms with van der Waals surface area (Å²) in [5, 5.41) is 15.5. The fourth-order valence-electron chi connectivity index (χ4n) is 6.41. The lowest BCUT2D eigenvalue weighted by atomic mass is 9.91. The highest BCUT2D eigenvalue weighted by Gasteiger charge is 2.26. The third-order valence-electron chi connectivity index (χ3n) is 8.50. The molecule has 0 aliphatic heterocycles. The van der Waals surface area contributed by atoms with Gasteiger partial charge in [-0.05, 0) is 68.8 Å². The number of hydrogen-bond donors (Lipinski definition) is 1. The molecule has 7 rings (SSSR count). The molecule has 43 heavy (non-hydrogen) atoms. The highest BCUT2D eigenvalue weighted by molar-refractivity contribution is 6.11. The number of para-hydroxylation sites is 1. The van der Waals surface area contributed by atoms with Gasteiger partial charge < -0.3 is 5.11 Å². The zero-order chi connectivity index (χ0) is 29.8. The van der Waals surface area contributed by atoms with Crippen LogP contribution in [0.5, 0.6) is 5.75 Å². The maximum atomic E-state index is 16.4. The molecule has 7 aromatic rings. The molecule has 0 atom stereocenters. The van der Waals surface area contributed by atoms with Crippen molar-refractivity contribution < 1.29 is 9.50 Å². The molecule has 0 saturated heterocycles. The molecule has 1 heterocycles. The van der Waals surface area contributed by atoms with Crippen molar-refractivity contribution in [1.29, 1.82) is 0 Å². The standard InChI is InChI=1S/C39H33FN2O/c1-23(2)28-15-10-16-29(24(3)4)37(28)42-38-34(41-39(42)26-12-6-5-7-13-26)20-19-33(40)36(38)32-22-31-27(21-35(32)43)18-17-25-11-8-9-14-30(25)31/h5-24,43H,1-4H3. The van der Waals surface area contributed by atoms with Gasteiger partial charge >= 0.3 is 0 Å². The van der Waals surface area contributed by atoms with Gasteiger partial charge in [-0.15, -0.1) is 0 Å². The maximum absolute atomic E-state index is 16.4. The van der Waals surface area contributed by atoms with E-state index in [4.69, 9.17) is 4.98 Å². The molecule has 0 aliphatic rings. The summed E-state index contributed by atoms with van der Waals surface area (Å²) in [6.45, 7) is 8.75. The highest BCUT2D eigenvalue weighted by atomic mass is 19.1. The first-order valence-electron chi connectivity index (χ1n) is 14.9. The van der Waals surface area contributed by atoms with E-state index in [2.05, 4.69) is 68.7 Å². The Bertz CT molecular complexity index is 2130. The van der Waals surface area contributed by atoms with Crippen LogP contribution in [-0.4, -0.2) is 14.7 Å². The van der Waals surface area contributed by atoms with Gasteiger partial charge in [0.05, 0.1) is 16.7 Å². The molecular weight excluding hydrogens is 531 g/mol. The summed E-state index contributed by atoms with van der Waals surface area (Å²) in [5.74, 6) is 0.795. The van der Waals surface area contributed by atoms with Crippen molar-refractivity contribution in [2.75, 3.05) is 0 Å². The van der Waals surface area contributed by atoms with Crippen LogP contribution >= 0.6 is 0 Å². The van der Waals surface area contributed by atoms with E-state index in [-0.39, 0.29) is 17.6 Å². The second-order valence-corrected chi connectivity index (χ2v) is 11.9. The first-order valence-corrected chi connectivity index (χ1v) is 14.9. The molecule has 1 N–H and O–H groups in total. The Balaban J connectivity index is 1.67. The SMILES string of the molecule is CC(C)c1cccc(C(C)C)c1-n1c(-c2ccccc2)nc2ccc(F)c(-c3cc4c(ccc5ccccc54)cc3O)c21. The first-order chi connectivity index (χ1) is 20.8. The molecule has 3 nitrogen and oxygen atoms in total. The van der Waals surface area contributed by atoms with Crippen LogP contribution in [0.25, 0.3) is 60.8 Å². The van der Waals surface area contributed by atoms with Crippen molar-refractivity contribution >= 4 is 32.6 Å². The molecule has 0 aliphatic carbocycles. The monoisotopic (exact) mass is 564 g/mol. The predicted molar refractivity (Wildman–Crippen MR) is 177 cm³/mol. The number of halogens is 1. The van der Waals surface area contributed by atoms with Crippen molar-refractivity contribution in [1.82, 2.24) is 9.55 Å². The zero-order valence-corrected chi connectivity index (χ0v) is 24.8. The topological polar surface area (TPSA) is 38.0 Å². The van der Waals surface area contributed by atoms with Crippen LogP contribution < -0.4 is 0 Å². The van der Waals surface area contributed by atoms with Crippen molar-refractivity contribution in [2.45, 2.75) is 39.5 Å². The Labute approximate surface area is 250 Å². The molecule has 0 radical (unpaired) electrons. The molecular formula is C39H33FN2O. The quantitative estimate of drug-likeness (QED) is 0.211. The van der Waals surface area contributed by atoms with Crippen LogP contribution in [0, 0.1) is 5.82 Å². The van der Waals surface area contributed by atoms with Crippen molar-refractivity contribution in [2.24, 2.45) is 0 Å². The average Bonchev–Trinajstić information content (AvgIpc) is 3.40. The number of benzene rings is 6. The molecule has 0 unspecified atom stereocenters. The van der Waals surface area contributed by atoms with Gasteiger partial charge in [0.1, 0.15) is 17.4 Å². The van der Waals surface area contributed by atoms with E-state index in [1.165, 1.54) is 6.07 Å². The summed E-state index contributed by atoms with van der Waals surface area (Å²) in [7, 11) is 0. The van der Waals surface area contributed by atoms with Crippen LogP contribution in [0.4, 0.5) is 4.39 Å². The van der Waals surface area contributed by atoms with Crippen LogP contribution in [0.1, 0.15) is 50.7 Å². The smallest absolute Gasteiger partial charge is 0.145 e. The minimum atomic E-state index is -0.406. The van der Waals surface area contributed by atoms with Gasteiger partial charge in [-0.3, -0.25) is 4.57 Å². The van der Waals surface area contributed by atoms with Gasteiger partial charge in [-0.1, -0.05) is 113 Å². The summed E-state index contributed by atoms with van der Waals surface area (Å²) < 4.78 is 18.5. The number of aromatic nitrogens is 2. The van der Waals surface area contributed by atoms with Crippen LogP contribution in [0.3, 0.4) is 0 Å². The van der Waals surface area contributed by atoms with E-state index < -0.39 is 5.82 Å². The fourth-order valence-corrected chi connectivity index (χ4v) is 6.41. The molecule has 0 spiro atoms. The van der Waals surface area contributed by atoms with Gasteiger partial charge in [-0.2, -0.15) is 0 Å². The third-order valence-corrected chi connectivity index (χ3v) is 8.50. The molecule has 4 heteroatoms. The van der Waals surface area contributed by atoms with Crippen LogP contribution in [0.2, 0.25) is 0 Å². The van der Waals surface area contributed by atoms with Crippen LogP contribution in [-0.2, 0) is 0 Å². The number of imidazole rings is 1. The number of nitrogens with zero attached hydrogens (tertiary/aromatic N) is 2. The normalized spacial score (nSPS) is 11.9. The molecule has 212 valence electrons. The van der Waals surface area contributed by atoms with E-state index in [0.29, 0.717) is 22.2 Å². The minimum Gasteiger partial charge on any atom is -0.507 e. The highest BCUT2D eigenvalue weighted by Crippen LogP contribution is 2.44. The summed E-state index contributed by atoms with van der Waals surface area (Å²) >= 11 is 0. The van der Waals surface area contributed by atoms with Crippen molar-refractivity contribution in [3.8, 4) is 34.0 Å². The molecule has 0 bridgehead atoms. The number of phenolic OH excluding ortho intramolecular Hbond substituents is 1. The van der Waals surface area contributed by atoms with Gasteiger partial charge in [0.15, 0.2) is 0 Å². The lowest BCUT2D eigenvalue weighted by molar-refractivity contribution is 0.477. The van der Waals surface area contributed by atoms with E-state index >= 15 is 4.39 Å². The largest absolute Gasteiger partial charge is 0.507 e. The Morgan fingerprint density at radius 1 is 0.674 bits per heavy atom. The van der Waals surface area contributed by atoms with E-state index in [0.717, 1.165) is 49.7 Å². The fraction of sp³-hybridized carbons (Fsp3) is 0.154. The molecule has 0 saturated carbocycles. The van der Waals surface area contributed by atoms with E-state index in [9.17, 15) is 5.11 Å². The Kier molecular flexibility index (Phi) is 6.50. The number of rotatable bonds is 5. The van der Waals surface area contributed by atoms with Crippen molar-refractivity contribution in [3.63, 3.8) is 0 Å². The third kappa shape index (κ3) is 4.37. The Morgan fingerprint density at radius 3 is 2.07 bits per heavy atom. The Morgan fingerprint density at radius 2 is 1.35 bits per heavy atom. The predicted octanol–water partition coefficient (Wildman–Crippen LogP) is 10.8. The minimum absolute atomic E-state index is 0.0319. The molecule has 1 aromatic heterocycles. The zero-order valence-electron chi connectivity index (χ0n) is 24.8.